The molecule has 1 aliphatic rings. The third kappa shape index (κ3) is 3.08. The van der Waals surface area contributed by atoms with Crippen molar-refractivity contribution in [3.05, 3.63) is 63.4 Å². The van der Waals surface area contributed by atoms with Gasteiger partial charge in [-0.2, -0.15) is 5.26 Å². The first-order valence-corrected chi connectivity index (χ1v) is 7.68. The molecule has 1 atom stereocenters. The fourth-order valence-corrected chi connectivity index (χ4v) is 3.19. The molecule has 2 nitrogen and oxygen atoms in total. The molecule has 0 spiro atoms. The van der Waals surface area contributed by atoms with Crippen LogP contribution in [-0.4, -0.2) is 6.04 Å². The van der Waals surface area contributed by atoms with E-state index < -0.39 is 5.82 Å². The summed E-state index contributed by atoms with van der Waals surface area (Å²) < 4.78 is 14.4. The summed E-state index contributed by atoms with van der Waals surface area (Å²) in [5.41, 5.74) is 3.63. The molecule has 3 rings (SSSR count). The largest absolute Gasteiger partial charge is 0.382 e. The minimum Gasteiger partial charge on any atom is -0.382 e. The SMILES string of the molecule is N#Cc1cc(NC2CCc3cc(Br)ccc3C2)ccc1F. The molecule has 0 saturated carbocycles. The molecule has 4 heteroatoms. The molecule has 0 aromatic heterocycles. The molecule has 0 aliphatic heterocycles. The van der Waals surface area contributed by atoms with Gasteiger partial charge in [-0.25, -0.2) is 4.39 Å². The second-order valence-electron chi connectivity index (χ2n) is 5.30. The summed E-state index contributed by atoms with van der Waals surface area (Å²) >= 11 is 3.50. The third-order valence-corrected chi connectivity index (χ3v) is 4.35. The van der Waals surface area contributed by atoms with E-state index >= 15 is 0 Å². The number of nitriles is 1. The number of halogens is 2. The van der Waals surface area contributed by atoms with Crippen LogP contribution in [0.3, 0.4) is 0 Å². The van der Waals surface area contributed by atoms with Gasteiger partial charge in [0.25, 0.3) is 0 Å². The summed E-state index contributed by atoms with van der Waals surface area (Å²) in [6.45, 7) is 0. The van der Waals surface area contributed by atoms with Gasteiger partial charge in [0.05, 0.1) is 5.56 Å². The number of rotatable bonds is 2. The lowest BCUT2D eigenvalue weighted by Gasteiger charge is -2.26. The Morgan fingerprint density at radius 3 is 2.86 bits per heavy atom. The van der Waals surface area contributed by atoms with E-state index in [9.17, 15) is 4.39 Å². The van der Waals surface area contributed by atoms with E-state index in [4.69, 9.17) is 5.26 Å². The number of nitrogens with one attached hydrogen (secondary N) is 1. The molecule has 21 heavy (non-hydrogen) atoms. The molecule has 0 saturated heterocycles. The number of hydrogen-bond donors (Lipinski definition) is 1. The smallest absolute Gasteiger partial charge is 0.141 e. The predicted molar refractivity (Wildman–Crippen MR) is 84.7 cm³/mol. The predicted octanol–water partition coefficient (Wildman–Crippen LogP) is 4.43. The lowest BCUT2D eigenvalue weighted by Crippen LogP contribution is -2.27. The van der Waals surface area contributed by atoms with Crippen molar-refractivity contribution in [2.24, 2.45) is 0 Å². The summed E-state index contributed by atoms with van der Waals surface area (Å²) in [4.78, 5) is 0. The van der Waals surface area contributed by atoms with Crippen molar-refractivity contribution < 1.29 is 4.39 Å². The molecule has 0 bridgehead atoms. The maximum Gasteiger partial charge on any atom is 0.141 e. The lowest BCUT2D eigenvalue weighted by molar-refractivity contribution is 0.608. The van der Waals surface area contributed by atoms with E-state index in [0.29, 0.717) is 6.04 Å². The van der Waals surface area contributed by atoms with Crippen molar-refractivity contribution in [1.29, 1.82) is 5.26 Å². The molecule has 0 fully saturated rings. The summed E-state index contributed by atoms with van der Waals surface area (Å²) in [7, 11) is 0. The first kappa shape index (κ1) is 14.1. The molecule has 1 unspecified atom stereocenters. The maximum atomic E-state index is 13.3. The summed E-state index contributed by atoms with van der Waals surface area (Å²) in [6, 6.07) is 13.2. The van der Waals surface area contributed by atoms with Crippen LogP contribution in [0, 0.1) is 17.1 Å². The number of anilines is 1. The average molecular weight is 345 g/mol. The molecular formula is C17H14BrFN2. The number of fused-ring (bicyclic) bond motifs is 1. The highest BCUT2D eigenvalue weighted by molar-refractivity contribution is 9.10. The van der Waals surface area contributed by atoms with Crippen LogP contribution < -0.4 is 5.32 Å². The van der Waals surface area contributed by atoms with Crippen molar-refractivity contribution >= 4 is 21.6 Å². The van der Waals surface area contributed by atoms with Gasteiger partial charge in [0.2, 0.25) is 0 Å². The molecular weight excluding hydrogens is 331 g/mol. The first-order valence-electron chi connectivity index (χ1n) is 6.89. The summed E-state index contributed by atoms with van der Waals surface area (Å²) in [5, 5.41) is 12.3. The van der Waals surface area contributed by atoms with Crippen LogP contribution in [0.4, 0.5) is 10.1 Å². The van der Waals surface area contributed by atoms with Gasteiger partial charge in [-0.3, -0.25) is 0 Å². The number of aryl methyl sites for hydroxylation is 1. The van der Waals surface area contributed by atoms with Crippen LogP contribution in [0.5, 0.6) is 0 Å². The van der Waals surface area contributed by atoms with Gasteiger partial charge in [0.1, 0.15) is 11.9 Å². The van der Waals surface area contributed by atoms with E-state index in [0.717, 1.165) is 29.4 Å². The van der Waals surface area contributed by atoms with E-state index in [1.54, 1.807) is 12.1 Å². The molecule has 106 valence electrons. The van der Waals surface area contributed by atoms with Crippen molar-refractivity contribution in [1.82, 2.24) is 0 Å². The Labute approximate surface area is 131 Å². The minimum atomic E-state index is -0.470. The fraction of sp³-hybridized carbons (Fsp3) is 0.235. The number of nitrogens with zero attached hydrogens (tertiary/aromatic N) is 1. The first-order chi connectivity index (χ1) is 10.2. The highest BCUT2D eigenvalue weighted by Gasteiger charge is 2.18. The topological polar surface area (TPSA) is 35.8 Å². The van der Waals surface area contributed by atoms with Crippen LogP contribution in [-0.2, 0) is 12.8 Å². The molecule has 1 aliphatic carbocycles. The molecule has 1 N–H and O–H groups in total. The summed E-state index contributed by atoms with van der Waals surface area (Å²) in [5.74, 6) is -0.470. The normalized spacial score (nSPS) is 16.9. The van der Waals surface area contributed by atoms with Crippen LogP contribution >= 0.6 is 15.9 Å². The highest BCUT2D eigenvalue weighted by atomic mass is 79.9. The second-order valence-corrected chi connectivity index (χ2v) is 6.22. The minimum absolute atomic E-state index is 0.0835. The van der Waals surface area contributed by atoms with Gasteiger partial charge >= 0.3 is 0 Å². The molecule has 0 heterocycles. The monoisotopic (exact) mass is 344 g/mol. The number of hydrogen-bond acceptors (Lipinski definition) is 2. The molecule has 0 radical (unpaired) electrons. The maximum absolute atomic E-state index is 13.3. The van der Waals surface area contributed by atoms with Crippen molar-refractivity contribution in [3.8, 4) is 6.07 Å². The quantitative estimate of drug-likeness (QED) is 0.874. The molecule has 2 aromatic rings. The van der Waals surface area contributed by atoms with Gasteiger partial charge in [-0.1, -0.05) is 22.0 Å². The van der Waals surface area contributed by atoms with Gasteiger partial charge in [0.15, 0.2) is 0 Å². The lowest BCUT2D eigenvalue weighted by atomic mass is 9.88. The van der Waals surface area contributed by atoms with Gasteiger partial charge in [-0.05, 0) is 60.7 Å². The molecule has 2 aromatic carbocycles. The Morgan fingerprint density at radius 2 is 2.05 bits per heavy atom. The Bertz CT molecular complexity index is 721. The van der Waals surface area contributed by atoms with E-state index in [1.807, 2.05) is 6.07 Å². The van der Waals surface area contributed by atoms with E-state index in [-0.39, 0.29) is 5.56 Å². The standard InChI is InChI=1S/C17H14BrFN2/c18-14-3-1-12-8-15(4-2-11(12)7-14)21-16-5-6-17(19)13(9-16)10-20/h1,3,5-7,9,15,21H,2,4,8H2. The zero-order valence-electron chi connectivity index (χ0n) is 11.4. The Balaban J connectivity index is 1.75. The van der Waals surface area contributed by atoms with E-state index in [1.165, 1.54) is 17.2 Å². The Morgan fingerprint density at radius 1 is 1.19 bits per heavy atom. The average Bonchev–Trinajstić information content (AvgIpc) is 2.49. The number of benzene rings is 2. The van der Waals surface area contributed by atoms with Crippen molar-refractivity contribution in [2.45, 2.75) is 25.3 Å². The zero-order chi connectivity index (χ0) is 14.8. The third-order valence-electron chi connectivity index (χ3n) is 3.85. The van der Waals surface area contributed by atoms with Gasteiger partial charge < -0.3 is 5.32 Å². The van der Waals surface area contributed by atoms with Gasteiger partial charge in [0, 0.05) is 16.2 Å². The van der Waals surface area contributed by atoms with Crippen LogP contribution in [0.25, 0.3) is 0 Å². The highest BCUT2D eigenvalue weighted by Crippen LogP contribution is 2.27. The van der Waals surface area contributed by atoms with Crippen LogP contribution in [0.1, 0.15) is 23.1 Å². The van der Waals surface area contributed by atoms with E-state index in [2.05, 4.69) is 39.4 Å². The van der Waals surface area contributed by atoms with Gasteiger partial charge in [-0.15, -0.1) is 0 Å². The summed E-state index contributed by atoms with van der Waals surface area (Å²) in [6.07, 6.45) is 3.00. The van der Waals surface area contributed by atoms with Crippen LogP contribution in [0.15, 0.2) is 40.9 Å². The Kier molecular flexibility index (Phi) is 3.94. The second kappa shape index (κ2) is 5.87. The van der Waals surface area contributed by atoms with Crippen molar-refractivity contribution in [3.63, 3.8) is 0 Å². The fourth-order valence-electron chi connectivity index (χ4n) is 2.78. The Hall–Kier alpha value is -1.86. The van der Waals surface area contributed by atoms with Crippen LogP contribution in [0.2, 0.25) is 0 Å². The zero-order valence-corrected chi connectivity index (χ0v) is 13.0. The van der Waals surface area contributed by atoms with Crippen molar-refractivity contribution in [2.75, 3.05) is 5.32 Å². The molecule has 0 amide bonds.